The highest BCUT2D eigenvalue weighted by molar-refractivity contribution is 7.98. The van der Waals surface area contributed by atoms with E-state index in [4.69, 9.17) is 5.11 Å². The number of sulfonamides is 1. The largest absolute Gasteiger partial charge is 0.395 e. The lowest BCUT2D eigenvalue weighted by Gasteiger charge is -2.12. The Morgan fingerprint density at radius 2 is 2.25 bits per heavy atom. The molecule has 1 aromatic heterocycles. The van der Waals surface area contributed by atoms with Crippen molar-refractivity contribution in [2.75, 3.05) is 18.6 Å². The summed E-state index contributed by atoms with van der Waals surface area (Å²) in [5, 5.41) is 8.65. The molecule has 1 aromatic rings. The number of rotatable bonds is 6. The van der Waals surface area contributed by atoms with Crippen LogP contribution < -0.4 is 4.72 Å². The summed E-state index contributed by atoms with van der Waals surface area (Å²) in [5.74, 6) is 6.20. The fraction of sp³-hybridized carbons (Fsp3) is 0.462. The van der Waals surface area contributed by atoms with Crippen LogP contribution in [0.4, 0.5) is 0 Å². The average Bonchev–Trinajstić information content (AvgIpc) is 2.39. The molecule has 0 amide bonds. The Labute approximate surface area is 124 Å². The van der Waals surface area contributed by atoms with E-state index in [9.17, 15) is 8.42 Å². The molecule has 0 aliphatic rings. The molecule has 0 spiro atoms. The van der Waals surface area contributed by atoms with Crippen LogP contribution in [0.2, 0.25) is 0 Å². The van der Waals surface area contributed by atoms with E-state index in [0.717, 1.165) is 0 Å². The molecule has 20 heavy (non-hydrogen) atoms. The predicted molar refractivity (Wildman–Crippen MR) is 81.0 cm³/mol. The molecule has 5 nitrogen and oxygen atoms in total. The number of pyridine rings is 1. The molecule has 0 fully saturated rings. The summed E-state index contributed by atoms with van der Waals surface area (Å²) in [6.45, 7) is 1.79. The van der Waals surface area contributed by atoms with Gasteiger partial charge in [0.2, 0.25) is 10.0 Å². The van der Waals surface area contributed by atoms with E-state index in [1.807, 2.05) is 13.2 Å². The standard InChI is InChI=1S/C13H18N2O3S2/c1-11(10-19-2)15-20(17,18)13-7-12(8-14-9-13)5-3-4-6-16/h7-9,11,15-16H,4,6,10H2,1-2H3. The molecular weight excluding hydrogens is 296 g/mol. The monoisotopic (exact) mass is 314 g/mol. The van der Waals surface area contributed by atoms with Gasteiger partial charge in [0.05, 0.1) is 6.61 Å². The molecule has 1 atom stereocenters. The van der Waals surface area contributed by atoms with Crippen LogP contribution in [0.3, 0.4) is 0 Å². The Kier molecular flexibility index (Phi) is 7.02. The molecule has 0 saturated heterocycles. The van der Waals surface area contributed by atoms with Gasteiger partial charge in [-0.2, -0.15) is 11.8 Å². The second kappa shape index (κ2) is 8.27. The molecule has 0 saturated carbocycles. The lowest BCUT2D eigenvalue weighted by Crippen LogP contribution is -2.34. The van der Waals surface area contributed by atoms with E-state index in [2.05, 4.69) is 21.5 Å². The first-order valence-electron chi connectivity index (χ1n) is 6.05. The highest BCUT2D eigenvalue weighted by Gasteiger charge is 2.17. The lowest BCUT2D eigenvalue weighted by molar-refractivity contribution is 0.305. The number of nitrogens with one attached hydrogen (secondary N) is 1. The highest BCUT2D eigenvalue weighted by Crippen LogP contribution is 2.10. The van der Waals surface area contributed by atoms with Crippen LogP contribution in [0.1, 0.15) is 18.9 Å². The number of thioether (sulfide) groups is 1. The maximum absolute atomic E-state index is 12.2. The van der Waals surface area contributed by atoms with E-state index in [1.54, 1.807) is 11.8 Å². The van der Waals surface area contributed by atoms with Crippen LogP contribution in [-0.4, -0.2) is 43.2 Å². The molecule has 0 bridgehead atoms. The van der Waals surface area contributed by atoms with Crippen LogP contribution in [0.5, 0.6) is 0 Å². The second-order valence-corrected chi connectivity index (χ2v) is 6.79. The Hall–Kier alpha value is -1.07. The third-order valence-electron chi connectivity index (χ3n) is 2.27. The predicted octanol–water partition coefficient (Wildman–Crippen LogP) is 0.845. The van der Waals surface area contributed by atoms with Crippen molar-refractivity contribution in [2.45, 2.75) is 24.3 Å². The zero-order chi connectivity index (χ0) is 15.0. The van der Waals surface area contributed by atoms with Crippen molar-refractivity contribution in [3.8, 4) is 11.8 Å². The van der Waals surface area contributed by atoms with E-state index in [1.165, 1.54) is 18.5 Å². The number of aliphatic hydroxyl groups is 1. The third-order valence-corrected chi connectivity index (χ3v) is 4.66. The summed E-state index contributed by atoms with van der Waals surface area (Å²) >= 11 is 1.57. The van der Waals surface area contributed by atoms with Crippen LogP contribution >= 0.6 is 11.8 Å². The number of hydrogen-bond donors (Lipinski definition) is 2. The Morgan fingerprint density at radius 3 is 2.90 bits per heavy atom. The Bertz CT molecular complexity index is 591. The highest BCUT2D eigenvalue weighted by atomic mass is 32.2. The number of nitrogens with zero attached hydrogens (tertiary/aromatic N) is 1. The minimum atomic E-state index is -3.58. The van der Waals surface area contributed by atoms with Crippen molar-refractivity contribution in [1.82, 2.24) is 9.71 Å². The Morgan fingerprint density at radius 1 is 1.50 bits per heavy atom. The van der Waals surface area contributed by atoms with E-state index >= 15 is 0 Å². The third kappa shape index (κ3) is 5.51. The first-order valence-corrected chi connectivity index (χ1v) is 8.93. The van der Waals surface area contributed by atoms with Gasteiger partial charge < -0.3 is 5.11 Å². The molecule has 0 aromatic carbocycles. The SMILES string of the molecule is CSCC(C)NS(=O)(=O)c1cncc(C#CCCO)c1. The summed E-state index contributed by atoms with van der Waals surface area (Å²) in [7, 11) is -3.58. The summed E-state index contributed by atoms with van der Waals surface area (Å²) in [4.78, 5) is 3.99. The molecule has 0 radical (unpaired) electrons. The molecular formula is C13H18N2O3S2. The van der Waals surface area contributed by atoms with Crippen molar-refractivity contribution in [2.24, 2.45) is 0 Å². The van der Waals surface area contributed by atoms with Gasteiger partial charge in [0.25, 0.3) is 0 Å². The van der Waals surface area contributed by atoms with Crippen molar-refractivity contribution < 1.29 is 13.5 Å². The zero-order valence-electron chi connectivity index (χ0n) is 11.5. The fourth-order valence-corrected chi connectivity index (χ4v) is 3.39. The quantitative estimate of drug-likeness (QED) is 0.761. The van der Waals surface area contributed by atoms with Crippen LogP contribution in [0.15, 0.2) is 23.4 Å². The molecule has 1 heterocycles. The second-order valence-electron chi connectivity index (χ2n) is 4.16. The molecule has 1 unspecified atom stereocenters. The van der Waals surface area contributed by atoms with Gasteiger partial charge in [-0.1, -0.05) is 11.8 Å². The van der Waals surface area contributed by atoms with Gasteiger partial charge in [0.15, 0.2) is 0 Å². The van der Waals surface area contributed by atoms with Crippen molar-refractivity contribution in [3.05, 3.63) is 24.0 Å². The number of hydrogen-bond acceptors (Lipinski definition) is 5. The molecule has 1 rings (SSSR count). The minimum absolute atomic E-state index is 0.0217. The number of aliphatic hydroxyl groups excluding tert-OH is 1. The maximum Gasteiger partial charge on any atom is 0.242 e. The number of aromatic nitrogens is 1. The molecule has 2 N–H and O–H groups in total. The van der Waals surface area contributed by atoms with Crippen molar-refractivity contribution >= 4 is 21.8 Å². The normalized spacial score (nSPS) is 12.6. The smallest absolute Gasteiger partial charge is 0.242 e. The van der Waals surface area contributed by atoms with E-state index < -0.39 is 10.0 Å². The summed E-state index contributed by atoms with van der Waals surface area (Å²) in [5.41, 5.74) is 0.513. The topological polar surface area (TPSA) is 79.3 Å². The zero-order valence-corrected chi connectivity index (χ0v) is 13.1. The first-order chi connectivity index (χ1) is 9.49. The van der Waals surface area contributed by atoms with Gasteiger partial charge in [-0.25, -0.2) is 13.1 Å². The fourth-order valence-electron chi connectivity index (χ4n) is 1.47. The minimum Gasteiger partial charge on any atom is -0.395 e. The van der Waals surface area contributed by atoms with Gasteiger partial charge in [-0.3, -0.25) is 4.98 Å². The van der Waals surface area contributed by atoms with Crippen LogP contribution in [0.25, 0.3) is 0 Å². The van der Waals surface area contributed by atoms with Crippen molar-refractivity contribution in [1.29, 1.82) is 0 Å². The van der Waals surface area contributed by atoms with Crippen LogP contribution in [-0.2, 0) is 10.0 Å². The summed E-state index contributed by atoms with van der Waals surface area (Å²) in [6.07, 6.45) is 5.06. The van der Waals surface area contributed by atoms with Gasteiger partial charge >= 0.3 is 0 Å². The molecule has 7 heteroatoms. The van der Waals surface area contributed by atoms with Gasteiger partial charge in [0.1, 0.15) is 4.90 Å². The van der Waals surface area contributed by atoms with E-state index in [-0.39, 0.29) is 17.5 Å². The first kappa shape index (κ1) is 17.0. The Balaban J connectivity index is 2.91. The van der Waals surface area contributed by atoms with Gasteiger partial charge in [-0.05, 0) is 19.2 Å². The maximum atomic E-state index is 12.2. The lowest BCUT2D eigenvalue weighted by atomic mass is 10.3. The van der Waals surface area contributed by atoms with Gasteiger partial charge in [-0.15, -0.1) is 0 Å². The van der Waals surface area contributed by atoms with Crippen molar-refractivity contribution in [3.63, 3.8) is 0 Å². The summed E-state index contributed by atoms with van der Waals surface area (Å²) in [6, 6.07) is 1.32. The molecule has 0 aliphatic heterocycles. The van der Waals surface area contributed by atoms with Gasteiger partial charge in [0, 0.05) is 36.2 Å². The average molecular weight is 314 g/mol. The molecule has 0 aliphatic carbocycles. The van der Waals surface area contributed by atoms with E-state index in [0.29, 0.717) is 17.7 Å². The molecule has 110 valence electrons. The van der Waals surface area contributed by atoms with Crippen LogP contribution in [0, 0.1) is 11.8 Å². The summed E-state index contributed by atoms with van der Waals surface area (Å²) < 4.78 is 26.9.